The fourth-order valence-electron chi connectivity index (χ4n) is 1.96. The van der Waals surface area contributed by atoms with Crippen LogP contribution in [-0.2, 0) is 0 Å². The van der Waals surface area contributed by atoms with E-state index >= 15 is 0 Å². The lowest BCUT2D eigenvalue weighted by Crippen LogP contribution is -2.31. The van der Waals surface area contributed by atoms with Crippen molar-refractivity contribution in [3.8, 4) is 0 Å². The Morgan fingerprint density at radius 3 is 2.68 bits per heavy atom. The van der Waals surface area contributed by atoms with Crippen molar-refractivity contribution in [3.63, 3.8) is 0 Å². The first kappa shape index (κ1) is 15.9. The van der Waals surface area contributed by atoms with E-state index in [9.17, 15) is 13.6 Å². The van der Waals surface area contributed by atoms with E-state index in [0.29, 0.717) is 13.1 Å². The lowest BCUT2D eigenvalue weighted by Gasteiger charge is -2.17. The third-order valence-corrected chi connectivity index (χ3v) is 3.16. The molecule has 0 aliphatic rings. The van der Waals surface area contributed by atoms with Crippen LogP contribution < -0.4 is 0 Å². The number of nitrogens with one attached hydrogen (secondary N) is 1. The van der Waals surface area contributed by atoms with E-state index in [4.69, 9.17) is 0 Å². The second-order valence-electron chi connectivity index (χ2n) is 4.67. The number of H-pyrrole nitrogens is 1. The molecule has 0 fully saturated rings. The highest BCUT2D eigenvalue weighted by Gasteiger charge is 2.19. The molecule has 2 aromatic rings. The number of hydrogen-bond acceptors (Lipinski definition) is 2. The van der Waals surface area contributed by atoms with Crippen molar-refractivity contribution >= 4 is 12.0 Å². The Labute approximate surface area is 127 Å². The zero-order valence-electron chi connectivity index (χ0n) is 12.2. The zero-order chi connectivity index (χ0) is 15.9. The lowest BCUT2D eigenvalue weighted by molar-refractivity contribution is 0.0776. The predicted octanol–water partition coefficient (Wildman–Crippen LogP) is 3.52. The van der Waals surface area contributed by atoms with Crippen molar-refractivity contribution in [1.82, 2.24) is 15.1 Å². The Morgan fingerprint density at radius 1 is 1.36 bits per heavy atom. The number of halogens is 2. The Balaban J connectivity index is 2.01. The molecule has 0 aliphatic carbocycles. The van der Waals surface area contributed by atoms with Crippen LogP contribution in [-0.4, -0.2) is 34.1 Å². The summed E-state index contributed by atoms with van der Waals surface area (Å²) in [4.78, 5) is 13.8. The van der Waals surface area contributed by atoms with Crippen molar-refractivity contribution in [2.75, 3.05) is 13.1 Å². The maximum absolute atomic E-state index is 12.5. The van der Waals surface area contributed by atoms with Crippen molar-refractivity contribution in [2.24, 2.45) is 0 Å². The fraction of sp³-hybridized carbons (Fsp3) is 0.250. The first-order valence-electron chi connectivity index (χ1n) is 6.96. The number of hydrogen-bond donors (Lipinski definition) is 1. The predicted molar refractivity (Wildman–Crippen MR) is 80.6 cm³/mol. The smallest absolute Gasteiger partial charge is 0.279 e. The second kappa shape index (κ2) is 7.49. The number of aromatic nitrogens is 2. The van der Waals surface area contributed by atoms with Crippen LogP contribution in [0.15, 0.2) is 42.5 Å². The van der Waals surface area contributed by atoms with E-state index in [-0.39, 0.29) is 17.3 Å². The van der Waals surface area contributed by atoms with Gasteiger partial charge in [-0.3, -0.25) is 9.89 Å². The summed E-state index contributed by atoms with van der Waals surface area (Å²) in [6, 6.07) is 10.8. The SMILES string of the molecule is CCN(CC=Cc1ccccc1)C(=O)c1cc(C(F)F)[nH]n1. The molecule has 0 unspecified atom stereocenters. The molecule has 1 aromatic heterocycles. The molecule has 0 bridgehead atoms. The van der Waals surface area contributed by atoms with Gasteiger partial charge in [-0.15, -0.1) is 0 Å². The van der Waals surface area contributed by atoms with Crippen molar-refractivity contribution in [3.05, 3.63) is 59.4 Å². The van der Waals surface area contributed by atoms with Crippen LogP contribution in [0.3, 0.4) is 0 Å². The molecule has 2 rings (SSSR count). The highest BCUT2D eigenvalue weighted by atomic mass is 19.3. The number of nitrogens with zero attached hydrogens (tertiary/aromatic N) is 2. The second-order valence-corrected chi connectivity index (χ2v) is 4.67. The van der Waals surface area contributed by atoms with Crippen LogP contribution in [0.1, 0.15) is 35.1 Å². The number of aromatic amines is 1. The van der Waals surface area contributed by atoms with Gasteiger partial charge in [-0.2, -0.15) is 5.10 Å². The molecule has 1 aromatic carbocycles. The maximum Gasteiger partial charge on any atom is 0.279 e. The number of alkyl halides is 2. The van der Waals surface area contributed by atoms with E-state index < -0.39 is 6.43 Å². The summed E-state index contributed by atoms with van der Waals surface area (Å²) in [6.07, 6.45) is 1.10. The van der Waals surface area contributed by atoms with E-state index in [1.54, 1.807) is 0 Å². The molecule has 0 spiro atoms. The monoisotopic (exact) mass is 305 g/mol. The quantitative estimate of drug-likeness (QED) is 0.887. The van der Waals surface area contributed by atoms with Gasteiger partial charge in [0.2, 0.25) is 0 Å². The van der Waals surface area contributed by atoms with Crippen LogP contribution in [0.25, 0.3) is 6.08 Å². The minimum atomic E-state index is -2.66. The molecular weight excluding hydrogens is 288 g/mol. The van der Waals surface area contributed by atoms with Gasteiger partial charge < -0.3 is 4.90 Å². The van der Waals surface area contributed by atoms with Crippen molar-refractivity contribution in [2.45, 2.75) is 13.3 Å². The highest BCUT2D eigenvalue weighted by molar-refractivity contribution is 5.92. The van der Waals surface area contributed by atoms with Gasteiger partial charge in [0.05, 0.1) is 0 Å². The van der Waals surface area contributed by atoms with Gasteiger partial charge in [-0.25, -0.2) is 8.78 Å². The summed E-state index contributed by atoms with van der Waals surface area (Å²) < 4.78 is 25.0. The van der Waals surface area contributed by atoms with Gasteiger partial charge in [0, 0.05) is 13.1 Å². The normalized spacial score (nSPS) is 11.3. The molecular formula is C16H17F2N3O. The Hall–Kier alpha value is -2.50. The maximum atomic E-state index is 12.5. The molecule has 4 nitrogen and oxygen atoms in total. The van der Waals surface area contributed by atoms with Crippen LogP contribution in [0.2, 0.25) is 0 Å². The highest BCUT2D eigenvalue weighted by Crippen LogP contribution is 2.17. The third kappa shape index (κ3) is 4.00. The van der Waals surface area contributed by atoms with E-state index in [1.165, 1.54) is 4.90 Å². The molecule has 0 saturated heterocycles. The summed E-state index contributed by atoms with van der Waals surface area (Å²) in [7, 11) is 0. The number of benzene rings is 1. The molecule has 1 heterocycles. The standard InChI is InChI=1S/C16H17F2N3O/c1-2-21(10-6-9-12-7-4-3-5-8-12)16(22)14-11-13(15(17)18)19-20-14/h3-9,11,15H,2,10H2,1H3,(H,19,20). The first-order chi connectivity index (χ1) is 10.6. The molecule has 0 saturated carbocycles. The molecule has 116 valence electrons. The number of rotatable bonds is 6. The summed E-state index contributed by atoms with van der Waals surface area (Å²) in [5.41, 5.74) is 0.690. The average Bonchev–Trinajstić information content (AvgIpc) is 3.02. The van der Waals surface area contributed by atoms with Crippen LogP contribution >= 0.6 is 0 Å². The van der Waals surface area contributed by atoms with Crippen molar-refractivity contribution < 1.29 is 13.6 Å². The van der Waals surface area contributed by atoms with E-state index in [2.05, 4.69) is 10.2 Å². The van der Waals surface area contributed by atoms with Gasteiger partial charge in [0.15, 0.2) is 5.69 Å². The number of carbonyl (C=O) groups excluding carboxylic acids is 1. The minimum absolute atomic E-state index is 0.00487. The Kier molecular flexibility index (Phi) is 5.41. The van der Waals surface area contributed by atoms with Gasteiger partial charge in [0.1, 0.15) is 5.69 Å². The van der Waals surface area contributed by atoms with E-state index in [1.807, 2.05) is 49.4 Å². The van der Waals surface area contributed by atoms with Gasteiger partial charge in [-0.05, 0) is 18.6 Å². The fourth-order valence-corrected chi connectivity index (χ4v) is 1.96. The molecule has 0 atom stereocenters. The van der Waals surface area contributed by atoms with Crippen LogP contribution in [0.4, 0.5) is 8.78 Å². The lowest BCUT2D eigenvalue weighted by atomic mass is 10.2. The van der Waals surface area contributed by atoms with Crippen molar-refractivity contribution in [1.29, 1.82) is 0 Å². The first-order valence-corrected chi connectivity index (χ1v) is 6.96. The molecule has 0 aliphatic heterocycles. The van der Waals surface area contributed by atoms with Crippen LogP contribution in [0.5, 0.6) is 0 Å². The molecule has 22 heavy (non-hydrogen) atoms. The number of likely N-dealkylation sites (N-methyl/N-ethyl adjacent to an activating group) is 1. The minimum Gasteiger partial charge on any atom is -0.334 e. The zero-order valence-corrected chi connectivity index (χ0v) is 12.2. The molecule has 1 N–H and O–H groups in total. The molecule has 0 radical (unpaired) electrons. The number of carbonyl (C=O) groups is 1. The topological polar surface area (TPSA) is 49.0 Å². The summed E-state index contributed by atoms with van der Waals surface area (Å²) in [6.45, 7) is 2.69. The largest absolute Gasteiger partial charge is 0.334 e. The molecule has 6 heteroatoms. The van der Waals surface area contributed by atoms with Gasteiger partial charge in [-0.1, -0.05) is 42.5 Å². The van der Waals surface area contributed by atoms with Gasteiger partial charge >= 0.3 is 0 Å². The van der Waals surface area contributed by atoms with Crippen LogP contribution in [0, 0.1) is 0 Å². The number of amides is 1. The van der Waals surface area contributed by atoms with E-state index in [0.717, 1.165) is 11.6 Å². The Bertz CT molecular complexity index is 638. The van der Waals surface area contributed by atoms with Gasteiger partial charge in [0.25, 0.3) is 12.3 Å². The average molecular weight is 305 g/mol. The Morgan fingerprint density at radius 2 is 2.09 bits per heavy atom. The third-order valence-electron chi connectivity index (χ3n) is 3.16. The molecule has 1 amide bonds. The summed E-state index contributed by atoms with van der Waals surface area (Å²) in [5, 5.41) is 5.83. The summed E-state index contributed by atoms with van der Waals surface area (Å²) in [5.74, 6) is -0.372. The summed E-state index contributed by atoms with van der Waals surface area (Å²) >= 11 is 0.